The Labute approximate surface area is 359 Å². The van der Waals surface area contributed by atoms with E-state index in [4.69, 9.17) is 9.15 Å². The number of nitrogens with zero attached hydrogens (tertiary/aromatic N) is 1. The van der Waals surface area contributed by atoms with Crippen molar-refractivity contribution in [3.8, 4) is 33.8 Å². The largest absolute Gasteiger partial charge is 0.456 e. The monoisotopic (exact) mass is 807 g/mol. The van der Waals surface area contributed by atoms with Crippen LogP contribution in [-0.2, 0) is 0 Å². The molecule has 14 rings (SSSR count). The molecule has 288 valence electrons. The molecule has 0 radical (unpaired) electrons. The quantitative estimate of drug-likeness (QED) is 0.166. The van der Waals surface area contributed by atoms with Gasteiger partial charge in [0.25, 0.3) is 0 Å². The molecule has 62 heavy (non-hydrogen) atoms. The van der Waals surface area contributed by atoms with Crippen LogP contribution in [-0.4, -0.2) is 0 Å². The molecule has 0 fully saturated rings. The zero-order valence-electron chi connectivity index (χ0n) is 33.2. The van der Waals surface area contributed by atoms with Gasteiger partial charge in [0, 0.05) is 53.9 Å². The van der Waals surface area contributed by atoms with Gasteiger partial charge in [0.05, 0.1) is 11.1 Å². The topological polar surface area (TPSA) is 25.6 Å². The van der Waals surface area contributed by atoms with E-state index in [1.165, 1.54) is 74.6 Å². The Morgan fingerprint density at radius 2 is 0.952 bits per heavy atom. The molecular weight excluding hydrogens is 775 g/mol. The fourth-order valence-corrected chi connectivity index (χ4v) is 11.4. The van der Waals surface area contributed by atoms with Gasteiger partial charge in [0.2, 0.25) is 0 Å². The third kappa shape index (κ3) is 4.81. The molecule has 13 aromatic rings. The number of hydrogen-bond acceptors (Lipinski definition) is 4. The average Bonchev–Trinajstić information content (AvgIpc) is 3.90. The van der Waals surface area contributed by atoms with Crippen molar-refractivity contribution >= 4 is 114 Å². The molecule has 0 N–H and O–H groups in total. The van der Waals surface area contributed by atoms with Crippen molar-refractivity contribution in [2.24, 2.45) is 0 Å². The minimum absolute atomic E-state index is 0.830. The molecule has 3 nitrogen and oxygen atoms in total. The van der Waals surface area contributed by atoms with E-state index in [2.05, 4.69) is 193 Å². The summed E-state index contributed by atoms with van der Waals surface area (Å²) in [6, 6.07) is 72.5. The lowest BCUT2D eigenvalue weighted by atomic mass is 9.88. The van der Waals surface area contributed by atoms with Crippen molar-refractivity contribution in [3.05, 3.63) is 200 Å². The maximum Gasteiger partial charge on any atom is 0.137 e. The van der Waals surface area contributed by atoms with E-state index in [9.17, 15) is 0 Å². The highest BCUT2D eigenvalue weighted by Gasteiger charge is 2.26. The maximum atomic E-state index is 6.99. The van der Waals surface area contributed by atoms with E-state index in [0.29, 0.717) is 0 Å². The molecule has 0 bridgehead atoms. The first kappa shape index (κ1) is 33.9. The molecule has 0 saturated carbocycles. The van der Waals surface area contributed by atoms with E-state index in [1.807, 2.05) is 23.5 Å². The predicted molar refractivity (Wildman–Crippen MR) is 262 cm³/mol. The van der Waals surface area contributed by atoms with Crippen LogP contribution in [0.4, 0.5) is 17.1 Å². The molecule has 0 saturated heterocycles. The van der Waals surface area contributed by atoms with Gasteiger partial charge in [-0.05, 0) is 115 Å². The van der Waals surface area contributed by atoms with Gasteiger partial charge >= 0.3 is 0 Å². The lowest BCUT2D eigenvalue weighted by molar-refractivity contribution is 0.487. The number of hydrogen-bond donors (Lipinski definition) is 0. The zero-order chi connectivity index (χ0) is 40.5. The molecular formula is C58H33NO2S. The average molecular weight is 808 g/mol. The molecule has 0 atom stereocenters. The predicted octanol–water partition coefficient (Wildman–Crippen LogP) is 17.5. The Morgan fingerprint density at radius 1 is 0.339 bits per heavy atom. The molecule has 0 aliphatic carbocycles. The van der Waals surface area contributed by atoms with Crippen molar-refractivity contribution in [2.75, 3.05) is 4.90 Å². The Kier molecular flexibility index (Phi) is 6.99. The van der Waals surface area contributed by atoms with Crippen molar-refractivity contribution in [1.82, 2.24) is 0 Å². The fraction of sp³-hybridized carbons (Fsp3) is 0. The maximum absolute atomic E-state index is 6.99. The van der Waals surface area contributed by atoms with Gasteiger partial charge in [0.15, 0.2) is 0 Å². The number of thiophene rings is 1. The Morgan fingerprint density at radius 3 is 1.79 bits per heavy atom. The molecule has 0 amide bonds. The van der Waals surface area contributed by atoms with Gasteiger partial charge in [-0.3, -0.25) is 0 Å². The van der Waals surface area contributed by atoms with Crippen molar-refractivity contribution in [2.45, 2.75) is 0 Å². The first-order chi connectivity index (χ1) is 30.7. The summed E-state index contributed by atoms with van der Waals surface area (Å²) in [6.07, 6.45) is 0. The number of furan rings is 1. The molecule has 11 aromatic carbocycles. The third-order valence-corrected chi connectivity index (χ3v) is 14.2. The molecule has 4 heteroatoms. The molecule has 1 aliphatic rings. The van der Waals surface area contributed by atoms with Crippen LogP contribution < -0.4 is 9.64 Å². The minimum atomic E-state index is 0.830. The summed E-state index contributed by atoms with van der Waals surface area (Å²) in [6.45, 7) is 0. The SMILES string of the molecule is c1ccc2c(c1)oc1cccc(N(c3ccc4c(c3)Oc3ccc(-c5ccc6c7ccccc7c7ccccc7c6c5)c5cccc-4c35)c3ccc4c(c3)sc3ccccc34)c12. The van der Waals surface area contributed by atoms with Crippen LogP contribution >= 0.6 is 11.3 Å². The Hall–Kier alpha value is -7.92. The van der Waals surface area contributed by atoms with E-state index >= 15 is 0 Å². The second-order valence-electron chi connectivity index (χ2n) is 16.3. The van der Waals surface area contributed by atoms with E-state index in [0.717, 1.165) is 61.4 Å². The third-order valence-electron chi connectivity index (χ3n) is 13.0. The van der Waals surface area contributed by atoms with Gasteiger partial charge in [0.1, 0.15) is 22.7 Å². The van der Waals surface area contributed by atoms with Crippen molar-refractivity contribution in [1.29, 1.82) is 0 Å². The van der Waals surface area contributed by atoms with E-state index in [1.54, 1.807) is 0 Å². The first-order valence-corrected chi connectivity index (χ1v) is 21.9. The molecule has 0 spiro atoms. The highest BCUT2D eigenvalue weighted by molar-refractivity contribution is 7.25. The highest BCUT2D eigenvalue weighted by Crippen LogP contribution is 2.52. The van der Waals surface area contributed by atoms with Crippen LogP contribution in [0.25, 0.3) is 107 Å². The van der Waals surface area contributed by atoms with Crippen LogP contribution in [0.1, 0.15) is 0 Å². The number of ether oxygens (including phenoxy) is 1. The zero-order valence-corrected chi connectivity index (χ0v) is 34.0. The fourth-order valence-electron chi connectivity index (χ4n) is 10.3. The molecule has 3 heterocycles. The summed E-state index contributed by atoms with van der Waals surface area (Å²) < 4.78 is 16.0. The van der Waals surface area contributed by atoms with Crippen LogP contribution in [0.3, 0.4) is 0 Å². The molecule has 0 unspecified atom stereocenters. The lowest BCUT2D eigenvalue weighted by Crippen LogP contribution is -2.11. The second kappa shape index (κ2) is 12.8. The van der Waals surface area contributed by atoms with Gasteiger partial charge in [-0.15, -0.1) is 11.3 Å². The van der Waals surface area contributed by atoms with Gasteiger partial charge < -0.3 is 14.1 Å². The van der Waals surface area contributed by atoms with Crippen LogP contribution in [0, 0.1) is 0 Å². The van der Waals surface area contributed by atoms with Crippen LogP contribution in [0.2, 0.25) is 0 Å². The smallest absolute Gasteiger partial charge is 0.137 e. The van der Waals surface area contributed by atoms with Gasteiger partial charge in [-0.25, -0.2) is 0 Å². The lowest BCUT2D eigenvalue weighted by Gasteiger charge is -2.29. The number of anilines is 3. The summed E-state index contributed by atoms with van der Waals surface area (Å²) in [7, 11) is 0. The number of benzene rings is 11. The Bertz CT molecular complexity index is 4010. The number of para-hydroxylation sites is 1. The summed E-state index contributed by atoms with van der Waals surface area (Å²) in [5, 5.41) is 14.7. The first-order valence-electron chi connectivity index (χ1n) is 21.1. The highest BCUT2D eigenvalue weighted by atomic mass is 32.1. The van der Waals surface area contributed by atoms with Crippen molar-refractivity contribution < 1.29 is 9.15 Å². The summed E-state index contributed by atoms with van der Waals surface area (Å²) in [5.41, 5.74) is 9.48. The van der Waals surface area contributed by atoms with Gasteiger partial charge in [-0.2, -0.15) is 0 Å². The molecule has 1 aliphatic heterocycles. The van der Waals surface area contributed by atoms with E-state index < -0.39 is 0 Å². The molecule has 2 aromatic heterocycles. The summed E-state index contributed by atoms with van der Waals surface area (Å²) in [4.78, 5) is 2.36. The minimum Gasteiger partial charge on any atom is -0.456 e. The number of fused-ring (bicyclic) bond motifs is 14. The number of rotatable bonds is 4. The van der Waals surface area contributed by atoms with Crippen LogP contribution in [0.5, 0.6) is 11.5 Å². The normalized spacial score (nSPS) is 12.3. The van der Waals surface area contributed by atoms with Crippen LogP contribution in [0.15, 0.2) is 205 Å². The second-order valence-corrected chi connectivity index (χ2v) is 17.4. The summed E-state index contributed by atoms with van der Waals surface area (Å²) in [5.74, 6) is 1.69. The Balaban J connectivity index is 0.940. The summed E-state index contributed by atoms with van der Waals surface area (Å²) >= 11 is 1.83. The van der Waals surface area contributed by atoms with E-state index in [-0.39, 0.29) is 0 Å². The van der Waals surface area contributed by atoms with Crippen molar-refractivity contribution in [3.63, 3.8) is 0 Å². The van der Waals surface area contributed by atoms with Gasteiger partial charge in [-0.1, -0.05) is 133 Å². The standard InChI is InChI=1S/C58H33NO2S/c1-2-13-40-38(11-1)39-12-3-4-14-41(39)49-31-34(23-26-42(40)49)37-29-30-53-57-46(37)17-9-18-47(57)43-27-24-35(32-54(43)61-53)59(36-25-28-45-44-15-6-8-22-55(44)62-56(45)33-36)50-19-10-21-52-58(50)48-16-5-7-20-51(48)60-52/h1-33H.